The first-order valence-electron chi connectivity index (χ1n) is 9.40. The highest BCUT2D eigenvalue weighted by atomic mass is 32.2. The van der Waals surface area contributed by atoms with Crippen LogP contribution in [0.3, 0.4) is 0 Å². The van der Waals surface area contributed by atoms with Gasteiger partial charge in [-0.3, -0.25) is 0 Å². The number of aromatic nitrogens is 2. The highest BCUT2D eigenvalue weighted by molar-refractivity contribution is 7.98. The summed E-state index contributed by atoms with van der Waals surface area (Å²) < 4.78 is 41.0. The second-order valence-corrected chi connectivity index (χ2v) is 7.81. The zero-order valence-electron chi connectivity index (χ0n) is 16.2. The van der Waals surface area contributed by atoms with Gasteiger partial charge in [0.2, 0.25) is 0 Å². The van der Waals surface area contributed by atoms with Crippen molar-refractivity contribution in [1.29, 1.82) is 0 Å². The van der Waals surface area contributed by atoms with Gasteiger partial charge in [0.15, 0.2) is 5.16 Å². The fourth-order valence-corrected chi connectivity index (χ4v) is 4.23. The predicted octanol–water partition coefficient (Wildman–Crippen LogP) is 7.07. The maximum atomic E-state index is 13.0. The SMILES string of the molecule is Cn1c(SCc2cccc(C(F)(F)F)c2)nc(-c2ccccc2)c1-c1ccccc1. The molecule has 3 aromatic carbocycles. The molecule has 0 atom stereocenters. The number of hydrogen-bond donors (Lipinski definition) is 0. The maximum absolute atomic E-state index is 13.0. The monoisotopic (exact) mass is 424 g/mol. The first-order chi connectivity index (χ1) is 14.4. The van der Waals surface area contributed by atoms with E-state index in [2.05, 4.69) is 0 Å². The van der Waals surface area contributed by atoms with Crippen molar-refractivity contribution in [2.75, 3.05) is 0 Å². The smallest absolute Gasteiger partial charge is 0.322 e. The molecule has 2 nitrogen and oxygen atoms in total. The van der Waals surface area contributed by atoms with Gasteiger partial charge >= 0.3 is 6.18 Å². The molecule has 4 rings (SSSR count). The Morgan fingerprint density at radius 1 is 0.833 bits per heavy atom. The Balaban J connectivity index is 1.69. The maximum Gasteiger partial charge on any atom is 0.416 e. The fraction of sp³-hybridized carbons (Fsp3) is 0.125. The molecule has 0 fully saturated rings. The molecule has 30 heavy (non-hydrogen) atoms. The minimum absolute atomic E-state index is 0.400. The minimum Gasteiger partial charge on any atom is -0.322 e. The van der Waals surface area contributed by atoms with E-state index in [1.54, 1.807) is 6.07 Å². The molecule has 0 saturated heterocycles. The van der Waals surface area contributed by atoms with Crippen molar-refractivity contribution in [2.45, 2.75) is 17.1 Å². The average Bonchev–Trinajstić information content (AvgIpc) is 3.09. The molecular weight excluding hydrogens is 405 g/mol. The summed E-state index contributed by atoms with van der Waals surface area (Å²) in [6.45, 7) is 0. The van der Waals surface area contributed by atoms with Crippen LogP contribution < -0.4 is 0 Å². The lowest BCUT2D eigenvalue weighted by Gasteiger charge is -2.09. The van der Waals surface area contributed by atoms with Gasteiger partial charge in [0.05, 0.1) is 17.0 Å². The zero-order chi connectivity index (χ0) is 21.1. The highest BCUT2D eigenvalue weighted by Gasteiger charge is 2.30. The lowest BCUT2D eigenvalue weighted by Crippen LogP contribution is -2.05. The van der Waals surface area contributed by atoms with E-state index in [9.17, 15) is 13.2 Å². The van der Waals surface area contributed by atoms with Gasteiger partial charge in [-0.15, -0.1) is 0 Å². The summed E-state index contributed by atoms with van der Waals surface area (Å²) >= 11 is 1.43. The van der Waals surface area contributed by atoms with Crippen LogP contribution in [0, 0.1) is 0 Å². The van der Waals surface area contributed by atoms with Gasteiger partial charge in [-0.1, -0.05) is 90.6 Å². The minimum atomic E-state index is -4.34. The number of imidazole rings is 1. The Bertz CT molecular complexity index is 1140. The van der Waals surface area contributed by atoms with Crippen LogP contribution >= 0.6 is 11.8 Å². The summed E-state index contributed by atoms with van der Waals surface area (Å²) in [7, 11) is 1.94. The summed E-state index contributed by atoms with van der Waals surface area (Å²) in [4.78, 5) is 4.85. The van der Waals surface area contributed by atoms with Crippen molar-refractivity contribution in [3.05, 3.63) is 96.1 Å². The van der Waals surface area contributed by atoms with Gasteiger partial charge < -0.3 is 4.57 Å². The lowest BCUT2D eigenvalue weighted by atomic mass is 10.1. The molecule has 0 spiro atoms. The summed E-state index contributed by atoms with van der Waals surface area (Å²) in [6, 6.07) is 25.3. The predicted molar refractivity (Wildman–Crippen MR) is 115 cm³/mol. The molecule has 1 heterocycles. The number of nitrogens with zero attached hydrogens (tertiary/aromatic N) is 2. The molecule has 0 radical (unpaired) electrons. The van der Waals surface area contributed by atoms with E-state index in [1.807, 2.05) is 72.3 Å². The van der Waals surface area contributed by atoms with Crippen molar-refractivity contribution in [3.8, 4) is 22.5 Å². The molecule has 0 aliphatic rings. The molecule has 0 amide bonds. The Labute approximate surface area is 177 Å². The Morgan fingerprint density at radius 3 is 2.10 bits per heavy atom. The second kappa shape index (κ2) is 8.40. The largest absolute Gasteiger partial charge is 0.416 e. The van der Waals surface area contributed by atoms with Crippen LogP contribution in [0.2, 0.25) is 0 Å². The van der Waals surface area contributed by atoms with Gasteiger partial charge in [0.1, 0.15) is 0 Å². The number of halogens is 3. The Morgan fingerprint density at radius 2 is 1.47 bits per heavy atom. The standard InChI is InChI=1S/C24H19F3N2S/c1-29-22(19-12-6-3-7-13-19)21(18-10-4-2-5-11-18)28-23(29)30-16-17-9-8-14-20(15-17)24(25,26)27/h2-15H,16H2,1H3. The van der Waals surface area contributed by atoms with Crippen molar-refractivity contribution in [2.24, 2.45) is 7.05 Å². The molecule has 0 aliphatic carbocycles. The summed E-state index contributed by atoms with van der Waals surface area (Å²) in [6.07, 6.45) is -4.34. The number of rotatable bonds is 5. The number of hydrogen-bond acceptors (Lipinski definition) is 2. The topological polar surface area (TPSA) is 17.8 Å². The molecule has 0 N–H and O–H groups in total. The third-order valence-electron chi connectivity index (χ3n) is 4.77. The fourth-order valence-electron chi connectivity index (χ4n) is 3.32. The summed E-state index contributed by atoms with van der Waals surface area (Å²) in [5, 5.41) is 0.755. The van der Waals surface area contributed by atoms with E-state index in [-0.39, 0.29) is 0 Å². The van der Waals surface area contributed by atoms with Gasteiger partial charge in [-0.2, -0.15) is 13.2 Å². The molecule has 1 aromatic heterocycles. The zero-order valence-corrected chi connectivity index (χ0v) is 17.0. The van der Waals surface area contributed by atoms with Crippen molar-refractivity contribution in [3.63, 3.8) is 0 Å². The third-order valence-corrected chi connectivity index (χ3v) is 5.87. The molecule has 0 bridgehead atoms. The van der Waals surface area contributed by atoms with E-state index in [0.29, 0.717) is 11.3 Å². The van der Waals surface area contributed by atoms with Crippen LogP contribution in [0.25, 0.3) is 22.5 Å². The van der Waals surface area contributed by atoms with Gasteiger partial charge in [-0.25, -0.2) is 4.98 Å². The molecule has 6 heteroatoms. The van der Waals surface area contributed by atoms with Crippen LogP contribution in [0.4, 0.5) is 13.2 Å². The molecule has 0 saturated carbocycles. The summed E-state index contributed by atoms with van der Waals surface area (Å²) in [5.74, 6) is 0.400. The molecule has 0 aliphatic heterocycles. The van der Waals surface area contributed by atoms with Crippen LogP contribution in [0.15, 0.2) is 90.1 Å². The van der Waals surface area contributed by atoms with Crippen molar-refractivity contribution < 1.29 is 13.2 Å². The Hall–Kier alpha value is -2.99. The third kappa shape index (κ3) is 4.28. The Kier molecular flexibility index (Phi) is 5.68. The van der Waals surface area contributed by atoms with Crippen LogP contribution in [0.5, 0.6) is 0 Å². The van der Waals surface area contributed by atoms with E-state index >= 15 is 0 Å². The first-order valence-corrected chi connectivity index (χ1v) is 10.4. The van der Waals surface area contributed by atoms with Gasteiger partial charge in [-0.05, 0) is 11.6 Å². The second-order valence-electron chi connectivity index (χ2n) is 6.87. The number of thioether (sulfide) groups is 1. The molecule has 0 unspecified atom stereocenters. The van der Waals surface area contributed by atoms with Crippen molar-refractivity contribution >= 4 is 11.8 Å². The summed E-state index contributed by atoms with van der Waals surface area (Å²) in [5.41, 5.74) is 3.86. The molecule has 152 valence electrons. The van der Waals surface area contributed by atoms with Gasteiger partial charge in [0.25, 0.3) is 0 Å². The van der Waals surface area contributed by atoms with Crippen LogP contribution in [-0.4, -0.2) is 9.55 Å². The molecular formula is C24H19F3N2S. The van der Waals surface area contributed by atoms with Crippen LogP contribution in [0.1, 0.15) is 11.1 Å². The average molecular weight is 424 g/mol. The van der Waals surface area contributed by atoms with E-state index in [0.717, 1.165) is 33.7 Å². The molecule has 4 aromatic rings. The number of benzene rings is 3. The quantitative estimate of drug-likeness (QED) is 0.319. The van der Waals surface area contributed by atoms with Gasteiger partial charge in [0, 0.05) is 23.9 Å². The number of alkyl halides is 3. The normalized spacial score (nSPS) is 11.6. The first kappa shape index (κ1) is 20.3. The van der Waals surface area contributed by atoms with Crippen molar-refractivity contribution in [1.82, 2.24) is 9.55 Å². The van der Waals surface area contributed by atoms with Crippen LogP contribution in [-0.2, 0) is 19.0 Å². The lowest BCUT2D eigenvalue weighted by molar-refractivity contribution is -0.137. The van der Waals surface area contributed by atoms with E-state index in [1.165, 1.54) is 23.9 Å². The van der Waals surface area contributed by atoms with E-state index < -0.39 is 11.7 Å². The highest BCUT2D eigenvalue weighted by Crippen LogP contribution is 2.36. The van der Waals surface area contributed by atoms with E-state index in [4.69, 9.17) is 4.98 Å².